The van der Waals surface area contributed by atoms with Crippen molar-refractivity contribution in [2.24, 2.45) is 0 Å². The number of carbonyl (C=O) groups is 2. The number of hydrogen-bond acceptors (Lipinski definition) is 2. The first-order chi connectivity index (χ1) is 14.6. The molecule has 0 saturated carbocycles. The van der Waals surface area contributed by atoms with Gasteiger partial charge in [-0.1, -0.05) is 54.6 Å². The largest absolute Gasteiger partial charge is 0.349 e. The molecule has 1 N–H and O–H groups in total. The number of likely N-dealkylation sites (tertiary alicyclic amines) is 1. The van der Waals surface area contributed by atoms with Gasteiger partial charge in [0.05, 0.1) is 5.56 Å². The fourth-order valence-corrected chi connectivity index (χ4v) is 3.75. The Morgan fingerprint density at radius 2 is 1.40 bits per heavy atom. The van der Waals surface area contributed by atoms with Crippen LogP contribution in [0, 0.1) is 5.82 Å². The van der Waals surface area contributed by atoms with E-state index in [2.05, 4.69) is 5.32 Å². The summed E-state index contributed by atoms with van der Waals surface area (Å²) in [4.78, 5) is 26.8. The second kappa shape index (κ2) is 8.91. The summed E-state index contributed by atoms with van der Waals surface area (Å²) < 4.78 is 13.9. The highest BCUT2D eigenvalue weighted by molar-refractivity contribution is 5.95. The Bertz CT molecular complexity index is 1030. The number of hydrogen-bond donors (Lipinski definition) is 1. The molecule has 0 spiro atoms. The molecule has 0 aliphatic carbocycles. The van der Waals surface area contributed by atoms with Crippen LogP contribution in [0.3, 0.4) is 0 Å². The maximum atomic E-state index is 13.9. The summed E-state index contributed by atoms with van der Waals surface area (Å²) in [6, 6.07) is 23.6. The van der Waals surface area contributed by atoms with Crippen molar-refractivity contribution < 1.29 is 14.0 Å². The molecule has 1 aliphatic heterocycles. The maximum Gasteiger partial charge on any atom is 0.256 e. The van der Waals surface area contributed by atoms with Crippen molar-refractivity contribution >= 4 is 11.8 Å². The monoisotopic (exact) mass is 402 g/mol. The number of nitrogens with one attached hydrogen (secondary N) is 1. The summed E-state index contributed by atoms with van der Waals surface area (Å²) in [5.74, 6) is -0.917. The Hall–Kier alpha value is -3.47. The second-order valence-electron chi connectivity index (χ2n) is 7.46. The Morgan fingerprint density at radius 1 is 0.800 bits per heavy atom. The fourth-order valence-electron chi connectivity index (χ4n) is 3.75. The first-order valence-corrected chi connectivity index (χ1v) is 10.1. The topological polar surface area (TPSA) is 49.4 Å². The summed E-state index contributed by atoms with van der Waals surface area (Å²) in [7, 11) is 0. The lowest BCUT2D eigenvalue weighted by atomic mass is 10.0. The fraction of sp³-hybridized carbons (Fsp3) is 0.200. The van der Waals surface area contributed by atoms with Crippen LogP contribution in [0.15, 0.2) is 78.9 Å². The van der Waals surface area contributed by atoms with Gasteiger partial charge in [-0.3, -0.25) is 9.59 Å². The van der Waals surface area contributed by atoms with Crippen LogP contribution in [0.4, 0.5) is 4.39 Å². The summed E-state index contributed by atoms with van der Waals surface area (Å²) >= 11 is 0. The molecule has 3 aromatic rings. The van der Waals surface area contributed by atoms with E-state index in [1.54, 1.807) is 17.0 Å². The number of halogens is 1. The third-order valence-corrected chi connectivity index (χ3v) is 5.48. The SMILES string of the molecule is O=C(NC1CCN(C(=O)c2ccccc2F)CC1)c1ccc(-c2ccccc2)cc1. The molecular weight excluding hydrogens is 379 g/mol. The van der Waals surface area contributed by atoms with E-state index in [9.17, 15) is 14.0 Å². The van der Waals surface area contributed by atoms with Crippen molar-refractivity contribution in [1.29, 1.82) is 0 Å². The standard InChI is InChI=1S/C25H23FN2O2/c26-23-9-5-4-8-22(23)25(30)28-16-14-21(15-17-28)27-24(29)20-12-10-19(11-13-20)18-6-2-1-3-7-18/h1-13,21H,14-17H2,(H,27,29). The number of benzene rings is 3. The van der Waals surface area contributed by atoms with Gasteiger partial charge in [-0.2, -0.15) is 0 Å². The van der Waals surface area contributed by atoms with Gasteiger partial charge >= 0.3 is 0 Å². The molecule has 152 valence electrons. The van der Waals surface area contributed by atoms with Crippen molar-refractivity contribution in [3.8, 4) is 11.1 Å². The summed E-state index contributed by atoms with van der Waals surface area (Å²) in [5, 5.41) is 3.05. The molecule has 0 radical (unpaired) electrons. The molecule has 4 rings (SSSR count). The average Bonchev–Trinajstić information content (AvgIpc) is 2.80. The molecule has 0 unspecified atom stereocenters. The summed E-state index contributed by atoms with van der Waals surface area (Å²) in [6.45, 7) is 0.982. The van der Waals surface area contributed by atoms with Crippen molar-refractivity contribution in [2.75, 3.05) is 13.1 Å². The molecule has 1 fully saturated rings. The minimum atomic E-state index is -0.503. The van der Waals surface area contributed by atoms with E-state index < -0.39 is 5.82 Å². The Balaban J connectivity index is 1.32. The van der Waals surface area contributed by atoms with E-state index in [-0.39, 0.29) is 23.4 Å². The molecule has 30 heavy (non-hydrogen) atoms. The smallest absolute Gasteiger partial charge is 0.256 e. The number of amides is 2. The van der Waals surface area contributed by atoms with Crippen molar-refractivity contribution in [3.63, 3.8) is 0 Å². The van der Waals surface area contributed by atoms with Gasteiger partial charge in [0.25, 0.3) is 11.8 Å². The van der Waals surface area contributed by atoms with Gasteiger partial charge in [0.15, 0.2) is 0 Å². The number of piperidine rings is 1. The van der Waals surface area contributed by atoms with Crippen LogP contribution in [0.5, 0.6) is 0 Å². The zero-order valence-corrected chi connectivity index (χ0v) is 16.6. The van der Waals surface area contributed by atoms with E-state index in [0.29, 0.717) is 31.5 Å². The molecule has 1 aliphatic rings. The number of carbonyl (C=O) groups excluding carboxylic acids is 2. The summed E-state index contributed by atoms with van der Waals surface area (Å²) in [5.41, 5.74) is 2.88. The van der Waals surface area contributed by atoms with E-state index in [1.165, 1.54) is 12.1 Å². The highest BCUT2D eigenvalue weighted by Crippen LogP contribution is 2.20. The number of nitrogens with zero attached hydrogens (tertiary/aromatic N) is 1. The molecular formula is C25H23FN2O2. The van der Waals surface area contributed by atoms with Gasteiger partial charge in [-0.25, -0.2) is 4.39 Å². The van der Waals surface area contributed by atoms with Crippen LogP contribution in [-0.4, -0.2) is 35.8 Å². The lowest BCUT2D eigenvalue weighted by Crippen LogP contribution is -2.46. The Morgan fingerprint density at radius 3 is 2.07 bits per heavy atom. The van der Waals surface area contributed by atoms with Crippen LogP contribution < -0.4 is 5.32 Å². The molecule has 4 nitrogen and oxygen atoms in total. The van der Waals surface area contributed by atoms with Crippen molar-refractivity contribution in [2.45, 2.75) is 18.9 Å². The van der Waals surface area contributed by atoms with E-state index >= 15 is 0 Å². The van der Waals surface area contributed by atoms with Gasteiger partial charge in [-0.15, -0.1) is 0 Å². The molecule has 2 amide bonds. The van der Waals surface area contributed by atoms with Gasteiger partial charge < -0.3 is 10.2 Å². The first kappa shape index (κ1) is 19.8. The lowest BCUT2D eigenvalue weighted by molar-refractivity contribution is 0.0693. The molecule has 3 aromatic carbocycles. The van der Waals surface area contributed by atoms with Crippen molar-refractivity contribution in [1.82, 2.24) is 10.2 Å². The van der Waals surface area contributed by atoms with Gasteiger partial charge in [0.2, 0.25) is 0 Å². The van der Waals surface area contributed by atoms with Gasteiger partial charge in [0.1, 0.15) is 5.82 Å². The molecule has 0 bridgehead atoms. The van der Waals surface area contributed by atoms with Crippen LogP contribution in [0.25, 0.3) is 11.1 Å². The minimum absolute atomic E-state index is 0.00373. The highest BCUT2D eigenvalue weighted by Gasteiger charge is 2.26. The molecule has 0 aromatic heterocycles. The van der Waals surface area contributed by atoms with E-state index in [1.807, 2.05) is 54.6 Å². The third-order valence-electron chi connectivity index (χ3n) is 5.48. The average molecular weight is 402 g/mol. The quantitative estimate of drug-likeness (QED) is 0.697. The maximum absolute atomic E-state index is 13.9. The lowest BCUT2D eigenvalue weighted by Gasteiger charge is -2.32. The van der Waals surface area contributed by atoms with Crippen LogP contribution in [0.2, 0.25) is 0 Å². The predicted octanol–water partition coefficient (Wildman–Crippen LogP) is 4.53. The van der Waals surface area contributed by atoms with E-state index in [0.717, 1.165) is 11.1 Å². The minimum Gasteiger partial charge on any atom is -0.349 e. The normalized spacial score (nSPS) is 14.4. The van der Waals surface area contributed by atoms with Crippen LogP contribution >= 0.6 is 0 Å². The van der Waals surface area contributed by atoms with Gasteiger partial charge in [0, 0.05) is 24.7 Å². The molecule has 0 atom stereocenters. The summed E-state index contributed by atoms with van der Waals surface area (Å²) in [6.07, 6.45) is 1.29. The van der Waals surface area contributed by atoms with Gasteiger partial charge in [-0.05, 0) is 48.2 Å². The third kappa shape index (κ3) is 4.40. The van der Waals surface area contributed by atoms with Crippen molar-refractivity contribution in [3.05, 3.63) is 95.8 Å². The zero-order chi connectivity index (χ0) is 20.9. The Kier molecular flexibility index (Phi) is 5.89. The first-order valence-electron chi connectivity index (χ1n) is 10.1. The van der Waals surface area contributed by atoms with E-state index in [4.69, 9.17) is 0 Å². The molecule has 1 saturated heterocycles. The predicted molar refractivity (Wildman–Crippen MR) is 115 cm³/mol. The number of rotatable bonds is 4. The zero-order valence-electron chi connectivity index (χ0n) is 16.6. The molecule has 5 heteroatoms. The Labute approximate surface area is 175 Å². The van der Waals surface area contributed by atoms with Crippen LogP contribution in [0.1, 0.15) is 33.6 Å². The second-order valence-corrected chi connectivity index (χ2v) is 7.46. The highest BCUT2D eigenvalue weighted by atomic mass is 19.1. The molecule has 1 heterocycles. The van der Waals surface area contributed by atoms with Crippen LogP contribution in [-0.2, 0) is 0 Å².